The van der Waals surface area contributed by atoms with E-state index in [0.717, 1.165) is 33.6 Å². The van der Waals surface area contributed by atoms with Crippen molar-refractivity contribution in [2.45, 2.75) is 0 Å². The lowest BCUT2D eigenvalue weighted by Crippen LogP contribution is -2.11. The van der Waals surface area contributed by atoms with Gasteiger partial charge in [-0.25, -0.2) is 9.97 Å². The van der Waals surface area contributed by atoms with E-state index in [1.54, 1.807) is 0 Å². The molecule has 4 aromatic rings. The van der Waals surface area contributed by atoms with Crippen LogP contribution in [0, 0.1) is 10.1 Å². The van der Waals surface area contributed by atoms with Crippen LogP contribution in [-0.2, 0) is 0 Å². The van der Waals surface area contributed by atoms with E-state index < -0.39 is 4.92 Å². The molecule has 4 N–H and O–H groups in total. The van der Waals surface area contributed by atoms with Gasteiger partial charge in [0.1, 0.15) is 5.71 Å². The van der Waals surface area contributed by atoms with Crippen molar-refractivity contribution in [3.63, 3.8) is 0 Å². The molecule has 6 rings (SSSR count). The molecule has 0 radical (unpaired) electrons. The number of nitrogens with two attached hydrogens (primary N) is 1. The fraction of sp³-hybridized carbons (Fsp3) is 0.0909. The van der Waals surface area contributed by atoms with Gasteiger partial charge in [-0.05, 0) is 30.3 Å². The third-order valence-electron chi connectivity index (χ3n) is 5.03. The molecule has 0 unspecified atom stereocenters. The van der Waals surface area contributed by atoms with Gasteiger partial charge in [0.25, 0.3) is 5.70 Å². The highest BCUT2D eigenvalue weighted by molar-refractivity contribution is 6.12. The summed E-state index contributed by atoms with van der Waals surface area (Å²) in [5.74, 6) is 1.20. The SMILES string of the molecule is NC1=CCN=C1c1nc2ccccc2[nH]1.O=[N+]([O-])C1=CCN=C1c1nc2ccccc2[nH]1. The molecule has 32 heavy (non-hydrogen) atoms. The normalized spacial score (nSPS) is 15.1. The number of aromatic amines is 2. The molecule has 2 aliphatic heterocycles. The Morgan fingerprint density at radius 3 is 1.88 bits per heavy atom. The molecule has 0 bridgehead atoms. The Morgan fingerprint density at radius 1 is 0.812 bits per heavy atom. The second-order valence-electron chi connectivity index (χ2n) is 7.09. The van der Waals surface area contributed by atoms with Crippen LogP contribution >= 0.6 is 0 Å². The van der Waals surface area contributed by atoms with Gasteiger partial charge in [0.15, 0.2) is 17.4 Å². The molecule has 0 aliphatic carbocycles. The largest absolute Gasteiger partial charge is 0.397 e. The first-order valence-electron chi connectivity index (χ1n) is 9.90. The van der Waals surface area contributed by atoms with Crippen LogP contribution in [0.25, 0.3) is 22.1 Å². The summed E-state index contributed by atoms with van der Waals surface area (Å²) < 4.78 is 0. The van der Waals surface area contributed by atoms with Crippen molar-refractivity contribution in [2.24, 2.45) is 15.7 Å². The van der Waals surface area contributed by atoms with E-state index in [1.165, 1.54) is 6.08 Å². The van der Waals surface area contributed by atoms with Gasteiger partial charge in [0, 0.05) is 6.08 Å². The second kappa shape index (κ2) is 7.91. The monoisotopic (exact) mass is 426 g/mol. The van der Waals surface area contributed by atoms with E-state index in [0.29, 0.717) is 30.3 Å². The van der Waals surface area contributed by atoms with Crippen molar-refractivity contribution >= 4 is 33.5 Å². The van der Waals surface area contributed by atoms with E-state index >= 15 is 0 Å². The zero-order valence-electron chi connectivity index (χ0n) is 16.8. The summed E-state index contributed by atoms with van der Waals surface area (Å²) in [4.78, 5) is 33.7. The zero-order valence-corrected chi connectivity index (χ0v) is 16.8. The van der Waals surface area contributed by atoms with Crippen LogP contribution in [0.4, 0.5) is 0 Å². The van der Waals surface area contributed by atoms with Gasteiger partial charge in [-0.3, -0.25) is 20.1 Å². The fourth-order valence-electron chi connectivity index (χ4n) is 3.52. The fourth-order valence-corrected chi connectivity index (χ4v) is 3.52. The van der Waals surface area contributed by atoms with Gasteiger partial charge in [0.2, 0.25) is 0 Å². The first kappa shape index (κ1) is 19.4. The zero-order chi connectivity index (χ0) is 22.1. The van der Waals surface area contributed by atoms with E-state index in [-0.39, 0.29) is 5.70 Å². The highest BCUT2D eigenvalue weighted by Gasteiger charge is 2.26. The van der Waals surface area contributed by atoms with Gasteiger partial charge in [0.05, 0.1) is 45.8 Å². The predicted molar refractivity (Wildman–Crippen MR) is 122 cm³/mol. The molecular formula is C22H18N8O2. The van der Waals surface area contributed by atoms with Gasteiger partial charge >= 0.3 is 0 Å². The maximum atomic E-state index is 10.8. The first-order valence-corrected chi connectivity index (χ1v) is 9.90. The Labute approximate surface area is 181 Å². The molecule has 2 aromatic carbocycles. The maximum Gasteiger partial charge on any atom is 0.296 e. The number of para-hydroxylation sites is 4. The Morgan fingerprint density at radius 2 is 1.34 bits per heavy atom. The molecular weight excluding hydrogens is 408 g/mol. The quantitative estimate of drug-likeness (QED) is 0.340. The molecule has 0 amide bonds. The number of nitro groups is 1. The average Bonchev–Trinajstić information content (AvgIpc) is 3.57. The van der Waals surface area contributed by atoms with Crippen LogP contribution in [0.5, 0.6) is 0 Å². The third-order valence-corrected chi connectivity index (χ3v) is 5.03. The number of hydrogen-bond acceptors (Lipinski definition) is 7. The van der Waals surface area contributed by atoms with Crippen molar-refractivity contribution in [1.29, 1.82) is 0 Å². The number of allylic oxidation sites excluding steroid dienone is 2. The number of nitrogens with one attached hydrogen (secondary N) is 2. The lowest BCUT2D eigenvalue weighted by molar-refractivity contribution is -0.414. The summed E-state index contributed by atoms with van der Waals surface area (Å²) in [6.07, 6.45) is 3.38. The van der Waals surface area contributed by atoms with Crippen LogP contribution in [0.15, 0.2) is 82.1 Å². The highest BCUT2D eigenvalue weighted by Crippen LogP contribution is 2.17. The minimum Gasteiger partial charge on any atom is -0.397 e. The van der Waals surface area contributed by atoms with Crippen molar-refractivity contribution in [1.82, 2.24) is 19.9 Å². The summed E-state index contributed by atoms with van der Waals surface area (Å²) in [5.41, 5.74) is 11.2. The lowest BCUT2D eigenvalue weighted by atomic mass is 10.3. The molecule has 0 atom stereocenters. The highest BCUT2D eigenvalue weighted by atomic mass is 16.6. The minimum absolute atomic E-state index is 0.0176. The molecule has 0 saturated carbocycles. The van der Waals surface area contributed by atoms with E-state index in [1.807, 2.05) is 54.6 Å². The Hall–Kier alpha value is -4.60. The number of aliphatic imine (C=N–C) groups is 2. The summed E-state index contributed by atoms with van der Waals surface area (Å²) in [5, 5.41) is 10.8. The third kappa shape index (κ3) is 3.54. The molecule has 2 aromatic heterocycles. The molecule has 158 valence electrons. The summed E-state index contributed by atoms with van der Waals surface area (Å²) in [6, 6.07) is 15.4. The Bertz CT molecular complexity index is 1410. The number of fused-ring (bicyclic) bond motifs is 2. The summed E-state index contributed by atoms with van der Waals surface area (Å²) in [7, 11) is 0. The van der Waals surface area contributed by atoms with Crippen molar-refractivity contribution in [2.75, 3.05) is 13.1 Å². The number of benzene rings is 2. The standard InChI is InChI=1S/C11H8N4O2.C11H10N4/c16-15(17)9-5-6-12-10(9)11-13-7-3-1-2-4-8(7)14-11;12-7-5-6-13-10(7)11-14-8-3-1-2-4-9(8)15-11/h1-5H,6H2,(H,13,14);1-5H,6,12H2,(H,14,15). The Balaban J connectivity index is 0.000000136. The van der Waals surface area contributed by atoms with E-state index in [9.17, 15) is 10.1 Å². The Kier molecular flexibility index (Phi) is 4.79. The van der Waals surface area contributed by atoms with Gasteiger partial charge < -0.3 is 15.7 Å². The summed E-state index contributed by atoms with van der Waals surface area (Å²) in [6.45, 7) is 0.987. The summed E-state index contributed by atoms with van der Waals surface area (Å²) >= 11 is 0. The average molecular weight is 426 g/mol. The van der Waals surface area contributed by atoms with Gasteiger partial charge in [-0.2, -0.15) is 0 Å². The molecule has 4 heterocycles. The molecule has 0 fully saturated rings. The molecule has 0 saturated heterocycles. The first-order chi connectivity index (χ1) is 15.6. The molecule has 0 spiro atoms. The van der Waals surface area contributed by atoms with Crippen LogP contribution in [0.3, 0.4) is 0 Å². The smallest absolute Gasteiger partial charge is 0.296 e. The van der Waals surface area contributed by atoms with Crippen molar-refractivity contribution in [3.05, 3.63) is 93.8 Å². The maximum absolute atomic E-state index is 10.8. The number of imidazole rings is 2. The van der Waals surface area contributed by atoms with Crippen LogP contribution in [0.2, 0.25) is 0 Å². The molecule has 2 aliphatic rings. The minimum atomic E-state index is -0.432. The molecule has 10 nitrogen and oxygen atoms in total. The van der Waals surface area contributed by atoms with Crippen LogP contribution in [0.1, 0.15) is 11.6 Å². The van der Waals surface area contributed by atoms with Gasteiger partial charge in [-0.1, -0.05) is 24.3 Å². The topological polar surface area (TPSA) is 151 Å². The number of rotatable bonds is 3. The number of aromatic nitrogens is 4. The van der Waals surface area contributed by atoms with E-state index in [2.05, 4.69) is 29.9 Å². The van der Waals surface area contributed by atoms with Crippen molar-refractivity contribution in [3.8, 4) is 0 Å². The van der Waals surface area contributed by atoms with Crippen LogP contribution in [-0.4, -0.2) is 49.4 Å². The number of nitrogens with zero attached hydrogens (tertiary/aromatic N) is 5. The van der Waals surface area contributed by atoms with Gasteiger partial charge in [-0.15, -0.1) is 0 Å². The second-order valence-corrected chi connectivity index (χ2v) is 7.09. The predicted octanol–water partition coefficient (Wildman–Crippen LogP) is 2.73. The van der Waals surface area contributed by atoms with Crippen molar-refractivity contribution < 1.29 is 4.92 Å². The van der Waals surface area contributed by atoms with Crippen LogP contribution < -0.4 is 5.73 Å². The number of hydrogen-bond donors (Lipinski definition) is 3. The number of H-pyrrole nitrogens is 2. The lowest BCUT2D eigenvalue weighted by Gasteiger charge is -1.95. The van der Waals surface area contributed by atoms with E-state index in [4.69, 9.17) is 5.73 Å². The molecule has 10 heteroatoms.